The number of benzene rings is 2. The Labute approximate surface area is 142 Å². The van der Waals surface area contributed by atoms with Crippen LogP contribution in [0.25, 0.3) is 0 Å². The van der Waals surface area contributed by atoms with Crippen LogP contribution < -0.4 is 0 Å². The van der Waals surface area contributed by atoms with Crippen LogP contribution in [0.2, 0.25) is 0 Å². The lowest BCUT2D eigenvalue weighted by Crippen LogP contribution is -2.14. The van der Waals surface area contributed by atoms with Gasteiger partial charge in [0, 0.05) is 12.1 Å². The summed E-state index contributed by atoms with van der Waals surface area (Å²) in [6.07, 6.45) is 0. The minimum absolute atomic E-state index is 0.0335. The summed E-state index contributed by atoms with van der Waals surface area (Å²) in [6, 6.07) is 11.6. The maximum absolute atomic E-state index is 11.7. The Morgan fingerprint density at radius 1 is 1.00 bits per heavy atom. The molecule has 0 saturated heterocycles. The Balaban J connectivity index is 1.98. The van der Waals surface area contributed by atoms with E-state index < -0.39 is 23.5 Å². The van der Waals surface area contributed by atoms with Crippen LogP contribution in [0.4, 0.5) is 17.1 Å². The van der Waals surface area contributed by atoms with Gasteiger partial charge in [0.1, 0.15) is 0 Å². The molecule has 0 N–H and O–H groups in total. The van der Waals surface area contributed by atoms with Crippen molar-refractivity contribution in [3.05, 3.63) is 64.2 Å². The maximum Gasteiger partial charge on any atom is 0.344 e. The Morgan fingerprint density at radius 2 is 1.52 bits per heavy atom. The predicted molar refractivity (Wildman–Crippen MR) is 86.0 cm³/mol. The lowest BCUT2D eigenvalue weighted by Gasteiger charge is -2.03. The Bertz CT molecular complexity index is 800. The van der Waals surface area contributed by atoms with Gasteiger partial charge < -0.3 is 9.47 Å². The van der Waals surface area contributed by atoms with Crippen molar-refractivity contribution >= 4 is 29.0 Å². The number of ether oxygens (including phenoxy) is 2. The number of esters is 2. The van der Waals surface area contributed by atoms with Gasteiger partial charge in [-0.1, -0.05) is 0 Å². The number of methoxy groups -OCH3 is 1. The van der Waals surface area contributed by atoms with Crippen LogP contribution in [0.5, 0.6) is 0 Å². The summed E-state index contributed by atoms with van der Waals surface area (Å²) >= 11 is 0. The SMILES string of the molecule is COC(=O)COC(=O)c1ccc(N=Nc2ccc([N+](=O)[O-])cc2)cc1. The molecular formula is C16H13N3O6. The summed E-state index contributed by atoms with van der Waals surface area (Å²) in [7, 11) is 1.20. The highest BCUT2D eigenvalue weighted by Crippen LogP contribution is 2.21. The molecule has 128 valence electrons. The summed E-state index contributed by atoms with van der Waals surface area (Å²) in [5.41, 5.74) is 1.14. The normalized spacial score (nSPS) is 10.4. The third-order valence-corrected chi connectivity index (χ3v) is 2.99. The van der Waals surface area contributed by atoms with Crippen molar-refractivity contribution < 1.29 is 24.0 Å². The van der Waals surface area contributed by atoms with Crippen molar-refractivity contribution in [1.82, 2.24) is 0 Å². The Kier molecular flexibility index (Phi) is 5.88. The van der Waals surface area contributed by atoms with E-state index in [0.29, 0.717) is 11.4 Å². The van der Waals surface area contributed by atoms with Crippen molar-refractivity contribution in [2.45, 2.75) is 0 Å². The van der Waals surface area contributed by atoms with E-state index in [4.69, 9.17) is 4.74 Å². The van der Waals surface area contributed by atoms with Crippen LogP contribution in [0.15, 0.2) is 58.8 Å². The first kappa shape index (κ1) is 17.7. The second-order valence-electron chi connectivity index (χ2n) is 4.67. The number of azo groups is 1. The Hall–Kier alpha value is -3.62. The van der Waals surface area contributed by atoms with Crippen LogP contribution in [0.1, 0.15) is 10.4 Å². The van der Waals surface area contributed by atoms with Crippen molar-refractivity contribution in [3.63, 3.8) is 0 Å². The third kappa shape index (κ3) is 5.20. The smallest absolute Gasteiger partial charge is 0.344 e. The van der Waals surface area contributed by atoms with Gasteiger partial charge in [0.2, 0.25) is 0 Å². The molecule has 0 aliphatic heterocycles. The molecule has 0 saturated carbocycles. The quantitative estimate of drug-likeness (QED) is 0.343. The van der Waals surface area contributed by atoms with Crippen LogP contribution in [-0.4, -0.2) is 30.6 Å². The van der Waals surface area contributed by atoms with Gasteiger partial charge in [-0.05, 0) is 36.4 Å². The first-order valence-corrected chi connectivity index (χ1v) is 7.00. The molecule has 0 heterocycles. The van der Waals surface area contributed by atoms with E-state index in [0.717, 1.165) is 0 Å². The standard InChI is InChI=1S/C16H13N3O6/c1-24-15(20)10-25-16(21)11-2-4-12(5-3-11)17-18-13-6-8-14(9-7-13)19(22)23/h2-9H,10H2,1H3. The molecule has 2 aromatic rings. The lowest BCUT2D eigenvalue weighted by atomic mass is 10.2. The molecule has 0 amide bonds. The zero-order valence-corrected chi connectivity index (χ0v) is 13.1. The lowest BCUT2D eigenvalue weighted by molar-refractivity contribution is -0.384. The minimum atomic E-state index is -0.663. The monoisotopic (exact) mass is 343 g/mol. The highest BCUT2D eigenvalue weighted by atomic mass is 16.6. The van der Waals surface area contributed by atoms with E-state index >= 15 is 0 Å². The summed E-state index contributed by atoms with van der Waals surface area (Å²) in [5, 5.41) is 18.5. The van der Waals surface area contributed by atoms with Gasteiger partial charge in [0.05, 0.1) is 29.0 Å². The number of hydrogen-bond donors (Lipinski definition) is 0. The van der Waals surface area contributed by atoms with E-state index in [-0.39, 0.29) is 11.3 Å². The molecule has 2 aromatic carbocycles. The summed E-state index contributed by atoms with van der Waals surface area (Å²) in [6.45, 7) is -0.461. The van der Waals surface area contributed by atoms with Crippen LogP contribution in [0.3, 0.4) is 0 Å². The summed E-state index contributed by atoms with van der Waals surface area (Å²) < 4.78 is 9.13. The largest absolute Gasteiger partial charge is 0.466 e. The maximum atomic E-state index is 11.7. The molecule has 9 nitrogen and oxygen atoms in total. The average Bonchev–Trinajstić information content (AvgIpc) is 2.64. The highest BCUT2D eigenvalue weighted by molar-refractivity contribution is 5.91. The van der Waals surface area contributed by atoms with Crippen LogP contribution in [0, 0.1) is 10.1 Å². The fraction of sp³-hybridized carbons (Fsp3) is 0.125. The van der Waals surface area contributed by atoms with E-state index in [1.54, 1.807) is 12.1 Å². The fourth-order valence-corrected chi connectivity index (χ4v) is 1.69. The topological polar surface area (TPSA) is 120 Å². The molecular weight excluding hydrogens is 330 g/mol. The molecule has 0 spiro atoms. The molecule has 0 aliphatic carbocycles. The average molecular weight is 343 g/mol. The van der Waals surface area contributed by atoms with E-state index in [1.165, 1.54) is 43.5 Å². The number of carbonyl (C=O) groups is 2. The van der Waals surface area contributed by atoms with Crippen molar-refractivity contribution in [3.8, 4) is 0 Å². The molecule has 0 radical (unpaired) electrons. The number of rotatable bonds is 6. The molecule has 0 aliphatic rings. The minimum Gasteiger partial charge on any atom is -0.466 e. The van der Waals surface area contributed by atoms with E-state index in [9.17, 15) is 19.7 Å². The third-order valence-electron chi connectivity index (χ3n) is 2.99. The molecule has 0 aromatic heterocycles. The first-order valence-electron chi connectivity index (χ1n) is 7.00. The fourth-order valence-electron chi connectivity index (χ4n) is 1.69. The Morgan fingerprint density at radius 3 is 2.00 bits per heavy atom. The zero-order valence-electron chi connectivity index (χ0n) is 13.1. The van der Waals surface area contributed by atoms with Gasteiger partial charge in [-0.25, -0.2) is 9.59 Å². The van der Waals surface area contributed by atoms with Crippen LogP contribution in [-0.2, 0) is 14.3 Å². The first-order chi connectivity index (χ1) is 12.0. The van der Waals surface area contributed by atoms with Crippen molar-refractivity contribution in [1.29, 1.82) is 0 Å². The number of nitro benzene ring substituents is 1. The second-order valence-corrected chi connectivity index (χ2v) is 4.67. The number of nitrogens with zero attached hydrogens (tertiary/aromatic N) is 3. The highest BCUT2D eigenvalue weighted by Gasteiger charge is 2.10. The summed E-state index contributed by atoms with van der Waals surface area (Å²) in [5.74, 6) is -1.31. The van der Waals surface area contributed by atoms with Gasteiger partial charge in [-0.2, -0.15) is 10.2 Å². The second kappa shape index (κ2) is 8.29. The van der Waals surface area contributed by atoms with Gasteiger partial charge in [-0.3, -0.25) is 10.1 Å². The molecule has 2 rings (SSSR count). The number of non-ortho nitro benzene ring substituents is 1. The van der Waals surface area contributed by atoms with E-state index in [2.05, 4.69) is 15.0 Å². The van der Waals surface area contributed by atoms with Gasteiger partial charge in [-0.15, -0.1) is 0 Å². The molecule has 0 bridgehead atoms. The molecule has 0 fully saturated rings. The van der Waals surface area contributed by atoms with E-state index in [1.807, 2.05) is 0 Å². The molecule has 0 atom stereocenters. The molecule has 0 unspecified atom stereocenters. The zero-order chi connectivity index (χ0) is 18.2. The number of hydrogen-bond acceptors (Lipinski definition) is 8. The molecule has 9 heteroatoms. The van der Waals surface area contributed by atoms with Gasteiger partial charge in [0.25, 0.3) is 5.69 Å². The number of nitro groups is 1. The van der Waals surface area contributed by atoms with Crippen molar-refractivity contribution in [2.75, 3.05) is 13.7 Å². The summed E-state index contributed by atoms with van der Waals surface area (Å²) in [4.78, 5) is 32.7. The predicted octanol–water partition coefficient (Wildman–Crippen LogP) is 3.34. The van der Waals surface area contributed by atoms with Gasteiger partial charge in [0.15, 0.2) is 6.61 Å². The van der Waals surface area contributed by atoms with Crippen LogP contribution >= 0.6 is 0 Å². The van der Waals surface area contributed by atoms with Crippen molar-refractivity contribution in [2.24, 2.45) is 10.2 Å². The molecule has 25 heavy (non-hydrogen) atoms. The number of carbonyl (C=O) groups excluding carboxylic acids is 2. The van der Waals surface area contributed by atoms with Gasteiger partial charge >= 0.3 is 11.9 Å².